The average molecular weight is 326 g/mol. The number of esters is 1. The Kier molecular flexibility index (Phi) is 3.20. The van der Waals surface area contributed by atoms with Gasteiger partial charge >= 0.3 is 5.97 Å². The number of hydrogen-bond acceptors (Lipinski definition) is 6. The van der Waals surface area contributed by atoms with Gasteiger partial charge in [-0.2, -0.15) is 0 Å². The van der Waals surface area contributed by atoms with E-state index in [1.165, 1.54) is 11.3 Å². The monoisotopic (exact) mass is 326 g/mol. The molecular weight excluding hydrogens is 316 g/mol. The van der Waals surface area contributed by atoms with E-state index in [1.54, 1.807) is 23.6 Å². The Balaban J connectivity index is 1.55. The van der Waals surface area contributed by atoms with Crippen molar-refractivity contribution in [2.75, 3.05) is 0 Å². The van der Waals surface area contributed by atoms with Gasteiger partial charge in [-0.05, 0) is 23.6 Å². The fraction of sp³-hybridized carbons (Fsp3) is 0.0625. The lowest BCUT2D eigenvalue weighted by Gasteiger charge is -2.02. The van der Waals surface area contributed by atoms with Crippen molar-refractivity contribution < 1.29 is 13.9 Å². The molecule has 0 saturated carbocycles. The topological polar surface area (TPSA) is 85.2 Å². The molecular formula is C16H10N2O4S. The van der Waals surface area contributed by atoms with Gasteiger partial charge in [0.1, 0.15) is 22.7 Å². The summed E-state index contributed by atoms with van der Waals surface area (Å²) in [6.07, 6.45) is 0. The zero-order valence-electron chi connectivity index (χ0n) is 11.7. The summed E-state index contributed by atoms with van der Waals surface area (Å²) in [5, 5.41) is 2.61. The smallest absolute Gasteiger partial charge is 0.374 e. The Labute approximate surface area is 133 Å². The van der Waals surface area contributed by atoms with Gasteiger partial charge in [0.05, 0.1) is 5.52 Å². The molecule has 0 amide bonds. The second kappa shape index (κ2) is 5.36. The predicted molar refractivity (Wildman–Crippen MR) is 85.6 cm³/mol. The number of aromatic nitrogens is 2. The highest BCUT2D eigenvalue weighted by Gasteiger charge is 2.14. The van der Waals surface area contributed by atoms with Crippen molar-refractivity contribution >= 4 is 38.5 Å². The van der Waals surface area contributed by atoms with E-state index in [1.807, 2.05) is 18.2 Å². The lowest BCUT2D eigenvalue weighted by molar-refractivity contribution is 0.0428. The maximum Gasteiger partial charge on any atom is 0.374 e. The van der Waals surface area contributed by atoms with Crippen molar-refractivity contribution in [3.05, 3.63) is 63.7 Å². The number of furan rings is 1. The first-order chi connectivity index (χ1) is 11.2. The second-order valence-corrected chi connectivity index (χ2v) is 5.79. The average Bonchev–Trinajstić information content (AvgIpc) is 3.19. The Morgan fingerprint density at radius 2 is 2.17 bits per heavy atom. The largest absolute Gasteiger partial charge is 0.452 e. The number of nitrogens with zero attached hydrogens (tertiary/aromatic N) is 1. The summed E-state index contributed by atoms with van der Waals surface area (Å²) in [4.78, 5) is 30.8. The molecule has 0 aliphatic heterocycles. The van der Waals surface area contributed by atoms with Crippen LogP contribution in [0.5, 0.6) is 0 Å². The minimum absolute atomic E-state index is 0.116. The van der Waals surface area contributed by atoms with Crippen molar-refractivity contribution in [2.45, 2.75) is 6.61 Å². The minimum atomic E-state index is -0.603. The van der Waals surface area contributed by atoms with E-state index < -0.39 is 5.97 Å². The van der Waals surface area contributed by atoms with Crippen LogP contribution in [-0.4, -0.2) is 15.9 Å². The van der Waals surface area contributed by atoms with Gasteiger partial charge in [-0.3, -0.25) is 4.79 Å². The Morgan fingerprint density at radius 1 is 1.30 bits per heavy atom. The van der Waals surface area contributed by atoms with Gasteiger partial charge in [0.2, 0.25) is 5.76 Å². The molecule has 0 aliphatic carbocycles. The first-order valence-electron chi connectivity index (χ1n) is 6.83. The fourth-order valence-electron chi connectivity index (χ4n) is 2.28. The number of aromatic amines is 1. The number of H-pyrrole nitrogens is 1. The van der Waals surface area contributed by atoms with Crippen LogP contribution >= 0.6 is 11.3 Å². The van der Waals surface area contributed by atoms with Crippen molar-refractivity contribution in [3.63, 3.8) is 0 Å². The second-order valence-electron chi connectivity index (χ2n) is 4.87. The van der Waals surface area contributed by atoms with Crippen LogP contribution < -0.4 is 5.56 Å². The van der Waals surface area contributed by atoms with E-state index in [2.05, 4.69) is 9.97 Å². The van der Waals surface area contributed by atoms with Crippen LogP contribution in [0.2, 0.25) is 0 Å². The van der Waals surface area contributed by atoms with E-state index in [9.17, 15) is 9.59 Å². The molecule has 0 aliphatic rings. The number of carbonyl (C=O) groups excluding carboxylic acids is 1. The molecule has 4 aromatic rings. The lowest BCUT2D eigenvalue weighted by atomic mass is 10.2. The molecule has 4 rings (SSSR count). The molecule has 1 aromatic carbocycles. The molecule has 23 heavy (non-hydrogen) atoms. The number of rotatable bonds is 3. The van der Waals surface area contributed by atoms with Gasteiger partial charge in [-0.1, -0.05) is 18.2 Å². The molecule has 1 N–H and O–H groups in total. The van der Waals surface area contributed by atoms with Crippen LogP contribution in [0.4, 0.5) is 0 Å². The first kappa shape index (κ1) is 13.7. The van der Waals surface area contributed by atoms with E-state index in [0.717, 1.165) is 5.39 Å². The number of fused-ring (bicyclic) bond motifs is 2. The Hall–Kier alpha value is -2.93. The molecule has 0 unspecified atom stereocenters. The normalized spacial score (nSPS) is 11.1. The minimum Gasteiger partial charge on any atom is -0.452 e. The molecule has 0 fully saturated rings. The van der Waals surface area contributed by atoms with Gasteiger partial charge < -0.3 is 14.1 Å². The van der Waals surface area contributed by atoms with Crippen LogP contribution in [0.25, 0.3) is 21.2 Å². The number of nitrogens with one attached hydrogen (secondary N) is 1. The molecule has 3 heterocycles. The maximum absolute atomic E-state index is 12.1. The fourth-order valence-corrected chi connectivity index (χ4v) is 3.00. The molecule has 0 bridgehead atoms. The van der Waals surface area contributed by atoms with Gasteiger partial charge in [0.15, 0.2) is 0 Å². The molecule has 0 atom stereocenters. The molecule has 114 valence electrons. The molecule has 0 saturated heterocycles. The number of carbonyl (C=O) groups is 1. The van der Waals surface area contributed by atoms with Crippen molar-refractivity contribution in [1.29, 1.82) is 0 Å². The van der Waals surface area contributed by atoms with Crippen LogP contribution in [0, 0.1) is 0 Å². The summed E-state index contributed by atoms with van der Waals surface area (Å²) in [5.41, 5.74) is 0.971. The Bertz CT molecular complexity index is 1040. The van der Waals surface area contributed by atoms with Gasteiger partial charge in [-0.15, -0.1) is 11.3 Å². The van der Waals surface area contributed by atoms with Crippen LogP contribution in [0.1, 0.15) is 16.4 Å². The number of benzene rings is 1. The Morgan fingerprint density at radius 3 is 3.04 bits per heavy atom. The van der Waals surface area contributed by atoms with Gasteiger partial charge in [0.25, 0.3) is 5.56 Å². The molecule has 7 heteroatoms. The van der Waals surface area contributed by atoms with Crippen molar-refractivity contribution in [3.8, 4) is 0 Å². The molecule has 6 nitrogen and oxygen atoms in total. The van der Waals surface area contributed by atoms with Gasteiger partial charge in [0, 0.05) is 5.39 Å². The van der Waals surface area contributed by atoms with Gasteiger partial charge in [-0.25, -0.2) is 9.78 Å². The molecule has 3 aromatic heterocycles. The van der Waals surface area contributed by atoms with Crippen LogP contribution in [0.3, 0.4) is 0 Å². The van der Waals surface area contributed by atoms with E-state index >= 15 is 0 Å². The zero-order chi connectivity index (χ0) is 15.8. The third-order valence-electron chi connectivity index (χ3n) is 3.33. The highest BCUT2D eigenvalue weighted by Crippen LogP contribution is 2.19. The third-order valence-corrected chi connectivity index (χ3v) is 4.23. The predicted octanol–water partition coefficient (Wildman–Crippen LogP) is 3.09. The van der Waals surface area contributed by atoms with Crippen LogP contribution in [0.15, 0.2) is 51.0 Å². The summed E-state index contributed by atoms with van der Waals surface area (Å²) >= 11 is 1.32. The summed E-state index contributed by atoms with van der Waals surface area (Å²) in [7, 11) is 0. The molecule has 0 radical (unpaired) electrons. The summed E-state index contributed by atoms with van der Waals surface area (Å²) in [5.74, 6) is -0.190. The van der Waals surface area contributed by atoms with Crippen molar-refractivity contribution in [2.24, 2.45) is 0 Å². The number of thiophene rings is 1. The van der Waals surface area contributed by atoms with Crippen LogP contribution in [-0.2, 0) is 11.3 Å². The standard InChI is InChI=1S/C16H10N2O4S/c19-15-14-10(5-6-23-14)17-13(18-15)8-21-16(20)12-7-9-3-1-2-4-11(9)22-12/h1-7H,8H2,(H,17,18,19). The first-order valence-corrected chi connectivity index (χ1v) is 7.71. The summed E-state index contributed by atoms with van der Waals surface area (Å²) in [6.45, 7) is -0.128. The van der Waals surface area contributed by atoms with E-state index in [0.29, 0.717) is 21.6 Å². The van der Waals surface area contributed by atoms with E-state index in [-0.39, 0.29) is 17.9 Å². The van der Waals surface area contributed by atoms with Crippen molar-refractivity contribution in [1.82, 2.24) is 9.97 Å². The summed E-state index contributed by atoms with van der Waals surface area (Å²) in [6, 6.07) is 10.7. The third kappa shape index (κ3) is 2.51. The lowest BCUT2D eigenvalue weighted by Crippen LogP contribution is -2.13. The maximum atomic E-state index is 12.1. The van der Waals surface area contributed by atoms with E-state index in [4.69, 9.17) is 9.15 Å². The number of ether oxygens (including phenoxy) is 1. The highest BCUT2D eigenvalue weighted by atomic mass is 32.1. The summed E-state index contributed by atoms with van der Waals surface area (Å²) < 4.78 is 11.1. The quantitative estimate of drug-likeness (QED) is 0.585. The SMILES string of the molecule is O=C(OCc1nc2ccsc2c(=O)[nH]1)c1cc2ccccc2o1. The highest BCUT2D eigenvalue weighted by molar-refractivity contribution is 7.17. The molecule has 0 spiro atoms. The zero-order valence-corrected chi connectivity index (χ0v) is 12.6. The number of para-hydroxylation sites is 1. The number of hydrogen-bond donors (Lipinski definition) is 1.